The van der Waals surface area contributed by atoms with Crippen molar-refractivity contribution in [3.8, 4) is 0 Å². The van der Waals surface area contributed by atoms with Gasteiger partial charge in [0.1, 0.15) is 0 Å². The Kier molecular flexibility index (Phi) is 10.0. The molecule has 1 aliphatic carbocycles. The molecule has 9 heteroatoms. The van der Waals surface area contributed by atoms with Gasteiger partial charge in [-0.3, -0.25) is 0 Å². The summed E-state index contributed by atoms with van der Waals surface area (Å²) in [6.45, 7) is 3.87. The predicted molar refractivity (Wildman–Crippen MR) is 103 cm³/mol. The van der Waals surface area contributed by atoms with Gasteiger partial charge in [0, 0.05) is 6.04 Å². The fourth-order valence-corrected chi connectivity index (χ4v) is 3.48. The molecule has 1 saturated carbocycles. The molecule has 0 radical (unpaired) electrons. The topological polar surface area (TPSA) is 67.3 Å². The maximum absolute atomic E-state index is 13.0. The number of ether oxygens (including phenoxy) is 1. The van der Waals surface area contributed by atoms with Gasteiger partial charge >= 0.3 is 25.0 Å². The molecule has 0 bridgehead atoms. The van der Waals surface area contributed by atoms with E-state index in [0.29, 0.717) is 5.69 Å². The van der Waals surface area contributed by atoms with Crippen LogP contribution in [0.15, 0.2) is 6.20 Å². The number of aromatic nitrogens is 2. The summed E-state index contributed by atoms with van der Waals surface area (Å²) in [7, 11) is 0. The molecule has 2 fully saturated rings. The molecule has 1 unspecified atom stereocenters. The van der Waals surface area contributed by atoms with E-state index in [0.717, 1.165) is 19.3 Å². The second kappa shape index (κ2) is 11.1. The number of nitrogens with zero attached hydrogens (tertiary/aromatic N) is 2. The average Bonchev–Trinajstić information content (AvgIpc) is 3.44. The molecule has 0 spiro atoms. The first kappa shape index (κ1) is 27.1. The van der Waals surface area contributed by atoms with Gasteiger partial charge in [-0.05, 0) is 50.4 Å². The Bertz CT molecular complexity index is 679. The van der Waals surface area contributed by atoms with Gasteiger partial charge in [-0.1, -0.05) is 12.8 Å². The quantitative estimate of drug-likeness (QED) is 0.529. The van der Waals surface area contributed by atoms with Crippen LogP contribution in [0.2, 0.25) is 0 Å². The molecule has 1 aromatic rings. The van der Waals surface area contributed by atoms with Gasteiger partial charge in [0.05, 0.1) is 24.9 Å². The minimum atomic E-state index is -4.28. The van der Waals surface area contributed by atoms with Crippen molar-refractivity contribution in [1.29, 1.82) is 0 Å². The van der Waals surface area contributed by atoms with Crippen LogP contribution in [0.3, 0.4) is 0 Å². The van der Waals surface area contributed by atoms with E-state index in [-0.39, 0.29) is 75.7 Å². The number of allylic oxidation sites excluding steroid dienone is 1. The Labute approximate surface area is 189 Å². The van der Waals surface area contributed by atoms with Crippen LogP contribution in [0.4, 0.5) is 13.2 Å². The average molecular weight is 419 g/mol. The second-order valence-corrected chi connectivity index (χ2v) is 7.82. The number of alkyl halides is 3. The van der Waals surface area contributed by atoms with Crippen molar-refractivity contribution in [2.24, 2.45) is 5.41 Å². The van der Waals surface area contributed by atoms with Crippen molar-refractivity contribution in [2.45, 2.75) is 76.4 Å². The van der Waals surface area contributed by atoms with Crippen LogP contribution in [-0.2, 0) is 4.74 Å². The minimum absolute atomic E-state index is 0. The van der Waals surface area contributed by atoms with Gasteiger partial charge < -0.3 is 44.7 Å². The molecular formula is C21H29F3LiN3O2-2. The first-order valence-corrected chi connectivity index (χ1v) is 9.69. The minimum Gasteiger partial charge on any atom is -0.405 e. The fourth-order valence-electron chi connectivity index (χ4n) is 3.48. The molecule has 2 N–H and O–H groups in total. The SMILES string of the molecule is CC(C)O[C@@H]1CCCC(c2cnc(C=[C-]C3(C(F)(F)F)CC3)[c-]n2)N[C@H]1CO.[CH3-].[Li+]. The fraction of sp³-hybridized carbons (Fsp3) is 0.667. The van der Waals surface area contributed by atoms with Gasteiger partial charge in [0.2, 0.25) is 0 Å². The summed E-state index contributed by atoms with van der Waals surface area (Å²) in [6, 6.07) is -0.334. The molecule has 164 valence electrons. The monoisotopic (exact) mass is 419 g/mol. The van der Waals surface area contributed by atoms with Crippen molar-refractivity contribution < 1.29 is 41.9 Å². The second-order valence-electron chi connectivity index (χ2n) is 7.82. The number of rotatable bonds is 6. The summed E-state index contributed by atoms with van der Waals surface area (Å²) in [4.78, 5) is 8.44. The molecule has 3 rings (SSSR count). The van der Waals surface area contributed by atoms with Gasteiger partial charge in [-0.25, -0.2) is 0 Å². The summed E-state index contributed by atoms with van der Waals surface area (Å²) >= 11 is 0. The molecule has 5 nitrogen and oxygen atoms in total. The van der Waals surface area contributed by atoms with Crippen LogP contribution >= 0.6 is 0 Å². The molecule has 30 heavy (non-hydrogen) atoms. The van der Waals surface area contributed by atoms with E-state index >= 15 is 0 Å². The summed E-state index contributed by atoms with van der Waals surface area (Å²) in [5.74, 6) is 0. The first-order valence-electron chi connectivity index (χ1n) is 9.69. The molecule has 3 atom stereocenters. The number of hydrogen-bond acceptors (Lipinski definition) is 5. The molecule has 1 aromatic heterocycles. The van der Waals surface area contributed by atoms with E-state index in [1.807, 2.05) is 13.8 Å². The molecule has 2 aliphatic rings. The van der Waals surface area contributed by atoms with Crippen LogP contribution < -0.4 is 24.2 Å². The molecule has 0 aromatic carbocycles. The van der Waals surface area contributed by atoms with E-state index in [2.05, 4.69) is 27.6 Å². The summed E-state index contributed by atoms with van der Waals surface area (Å²) in [6.07, 6.45) is 6.26. The molecule has 1 aliphatic heterocycles. The number of nitrogens with one attached hydrogen (secondary N) is 1. The van der Waals surface area contributed by atoms with Crippen molar-refractivity contribution >= 4 is 6.08 Å². The third kappa shape index (κ3) is 6.54. The van der Waals surface area contributed by atoms with Gasteiger partial charge in [-0.15, -0.1) is 0 Å². The third-order valence-corrected chi connectivity index (χ3v) is 5.26. The number of aliphatic hydroxyl groups is 1. The maximum Gasteiger partial charge on any atom is 1.00 e. The van der Waals surface area contributed by atoms with Crippen LogP contribution in [0, 0.1) is 25.1 Å². The standard InChI is InChI=1S/C20H26F3N3O2.CH3.Li/c1-13(2)28-18-5-3-4-15(26-17(18)12-27)16-11-24-14(10-25-16)6-7-19(8-9-19)20(21,22)23;;/h6,11,13,15,17-18,26-27H,3-5,8-9,12H2,1-2H3;1H3;/q-2;-1;+1/t15?,17-,18+;;/m0../s1. The van der Waals surface area contributed by atoms with Crippen LogP contribution in [-0.4, -0.2) is 46.1 Å². The Hall–Kier alpha value is -0.913. The predicted octanol–water partition coefficient (Wildman–Crippen LogP) is 0.859. The van der Waals surface area contributed by atoms with Crippen molar-refractivity contribution in [1.82, 2.24) is 15.3 Å². The Balaban J connectivity index is 0.00000225. The van der Waals surface area contributed by atoms with Crippen LogP contribution in [0.25, 0.3) is 6.08 Å². The normalized spacial score (nSPS) is 26.0. The molecule has 1 saturated heterocycles. The molecule has 2 heterocycles. The van der Waals surface area contributed by atoms with Gasteiger partial charge in [0.25, 0.3) is 0 Å². The van der Waals surface area contributed by atoms with E-state index < -0.39 is 11.6 Å². The van der Waals surface area contributed by atoms with E-state index in [4.69, 9.17) is 4.74 Å². The largest absolute Gasteiger partial charge is 1.00 e. The van der Waals surface area contributed by atoms with Crippen LogP contribution in [0.1, 0.15) is 63.4 Å². The van der Waals surface area contributed by atoms with Crippen molar-refractivity contribution in [3.05, 3.63) is 37.3 Å². The van der Waals surface area contributed by atoms with Gasteiger partial charge in [-0.2, -0.15) is 25.1 Å². The summed E-state index contributed by atoms with van der Waals surface area (Å²) in [5, 5.41) is 13.1. The smallest absolute Gasteiger partial charge is 0.405 e. The van der Waals surface area contributed by atoms with E-state index in [1.54, 1.807) is 6.20 Å². The zero-order valence-corrected chi connectivity index (χ0v) is 18.1. The summed E-state index contributed by atoms with van der Waals surface area (Å²) < 4.78 is 44.8. The van der Waals surface area contributed by atoms with Crippen molar-refractivity contribution in [2.75, 3.05) is 6.61 Å². The number of halogens is 3. The maximum atomic E-state index is 13.0. The van der Waals surface area contributed by atoms with E-state index in [1.165, 1.54) is 6.08 Å². The Morgan fingerprint density at radius 1 is 1.40 bits per heavy atom. The molecule has 0 amide bonds. The van der Waals surface area contributed by atoms with Crippen molar-refractivity contribution in [3.63, 3.8) is 0 Å². The number of aliphatic hydroxyl groups excluding tert-OH is 1. The zero-order valence-electron chi connectivity index (χ0n) is 18.1. The molecular weight excluding hydrogens is 390 g/mol. The number of hydrogen-bond donors (Lipinski definition) is 2. The van der Waals surface area contributed by atoms with Gasteiger partial charge in [0.15, 0.2) is 0 Å². The Morgan fingerprint density at radius 3 is 2.60 bits per heavy atom. The zero-order chi connectivity index (χ0) is 20.4. The van der Waals surface area contributed by atoms with E-state index in [9.17, 15) is 18.3 Å². The van der Waals surface area contributed by atoms with Crippen LogP contribution in [0.5, 0.6) is 0 Å². The Morgan fingerprint density at radius 2 is 2.10 bits per heavy atom. The first-order chi connectivity index (χ1) is 13.2. The summed E-state index contributed by atoms with van der Waals surface area (Å²) in [5.41, 5.74) is -0.950. The third-order valence-electron chi connectivity index (χ3n) is 5.26.